The highest BCUT2D eigenvalue weighted by Crippen LogP contribution is 2.39. The predicted molar refractivity (Wildman–Crippen MR) is 109 cm³/mol. The molecule has 6 nitrogen and oxygen atoms in total. The van der Waals surface area contributed by atoms with E-state index in [0.717, 1.165) is 32.4 Å². The molecule has 2 aromatic carbocycles. The number of halogens is 1. The summed E-state index contributed by atoms with van der Waals surface area (Å²) in [5.41, 5.74) is 1.53. The average molecular weight is 475 g/mol. The van der Waals surface area contributed by atoms with Crippen LogP contribution in [0.15, 0.2) is 48.5 Å². The van der Waals surface area contributed by atoms with Crippen LogP contribution in [0.4, 0.5) is 10.5 Å². The molecule has 138 valence electrons. The SMILES string of the molecule is O=C(CN1C(=O)NC2(CCCc3ccccc32)C1=O)Nc1ccccc1I. The van der Waals surface area contributed by atoms with Crippen molar-refractivity contribution in [3.63, 3.8) is 0 Å². The zero-order chi connectivity index (χ0) is 19.0. The molecule has 1 spiro atoms. The third-order valence-electron chi connectivity index (χ3n) is 5.10. The first kappa shape index (κ1) is 18.0. The van der Waals surface area contributed by atoms with E-state index in [1.54, 1.807) is 6.07 Å². The molecule has 2 aromatic rings. The molecule has 4 rings (SSSR count). The van der Waals surface area contributed by atoms with Crippen molar-refractivity contribution in [2.24, 2.45) is 0 Å². The van der Waals surface area contributed by atoms with Crippen molar-refractivity contribution in [2.45, 2.75) is 24.8 Å². The van der Waals surface area contributed by atoms with Gasteiger partial charge in [-0.15, -0.1) is 0 Å². The van der Waals surface area contributed by atoms with Gasteiger partial charge in [-0.25, -0.2) is 4.79 Å². The number of nitrogens with zero attached hydrogens (tertiary/aromatic N) is 1. The summed E-state index contributed by atoms with van der Waals surface area (Å²) in [6.07, 6.45) is 2.24. The minimum atomic E-state index is -1.05. The van der Waals surface area contributed by atoms with Crippen LogP contribution in [0.25, 0.3) is 0 Å². The van der Waals surface area contributed by atoms with E-state index in [2.05, 4.69) is 33.2 Å². The molecule has 2 aliphatic rings. The molecule has 1 unspecified atom stereocenters. The smallest absolute Gasteiger partial charge is 0.324 e. The number of urea groups is 1. The third-order valence-corrected chi connectivity index (χ3v) is 6.04. The molecule has 27 heavy (non-hydrogen) atoms. The number of carbonyl (C=O) groups is 3. The first-order chi connectivity index (χ1) is 13.0. The van der Waals surface area contributed by atoms with Crippen molar-refractivity contribution >= 4 is 46.1 Å². The molecule has 1 aliphatic carbocycles. The van der Waals surface area contributed by atoms with Crippen LogP contribution in [-0.2, 0) is 21.5 Å². The van der Waals surface area contributed by atoms with Gasteiger partial charge in [-0.3, -0.25) is 14.5 Å². The molecule has 0 bridgehead atoms. The topological polar surface area (TPSA) is 78.5 Å². The average Bonchev–Trinajstić information content (AvgIpc) is 2.89. The molecular formula is C20H18IN3O3. The van der Waals surface area contributed by atoms with Crippen LogP contribution >= 0.6 is 22.6 Å². The zero-order valence-corrected chi connectivity index (χ0v) is 16.7. The van der Waals surface area contributed by atoms with E-state index < -0.39 is 17.5 Å². The van der Waals surface area contributed by atoms with E-state index >= 15 is 0 Å². The van der Waals surface area contributed by atoms with Gasteiger partial charge in [-0.1, -0.05) is 36.4 Å². The Bertz CT molecular complexity index is 946. The Morgan fingerprint density at radius 1 is 1.15 bits per heavy atom. The first-order valence-corrected chi connectivity index (χ1v) is 9.86. The number of para-hydroxylation sites is 1. The summed E-state index contributed by atoms with van der Waals surface area (Å²) in [6.45, 7) is -0.306. The molecule has 0 radical (unpaired) electrons. The number of imide groups is 1. The molecular weight excluding hydrogens is 457 g/mol. The molecule has 1 aliphatic heterocycles. The summed E-state index contributed by atoms with van der Waals surface area (Å²) in [7, 11) is 0. The Morgan fingerprint density at radius 3 is 2.70 bits per heavy atom. The summed E-state index contributed by atoms with van der Waals surface area (Å²) in [5.74, 6) is -0.749. The lowest BCUT2D eigenvalue weighted by Crippen LogP contribution is -2.47. The van der Waals surface area contributed by atoms with E-state index in [1.807, 2.05) is 42.5 Å². The molecule has 1 atom stereocenters. The highest BCUT2D eigenvalue weighted by Gasteiger charge is 2.54. The standard InChI is InChI=1S/C20H18IN3O3/c21-15-9-3-4-10-16(15)22-17(25)12-24-18(26)20(23-19(24)27)11-5-7-13-6-1-2-8-14(13)20/h1-4,6,8-10H,5,7,11-12H2,(H,22,25)(H,23,27). The molecule has 1 heterocycles. The van der Waals surface area contributed by atoms with Crippen molar-refractivity contribution in [2.75, 3.05) is 11.9 Å². The lowest BCUT2D eigenvalue weighted by Gasteiger charge is -2.33. The monoisotopic (exact) mass is 475 g/mol. The number of hydrogen-bond acceptors (Lipinski definition) is 3. The summed E-state index contributed by atoms with van der Waals surface area (Å²) in [4.78, 5) is 39.2. The normalized spacial score (nSPS) is 21.1. The van der Waals surface area contributed by atoms with Crippen LogP contribution in [0.5, 0.6) is 0 Å². The summed E-state index contributed by atoms with van der Waals surface area (Å²) < 4.78 is 0.887. The lowest BCUT2D eigenvalue weighted by atomic mass is 9.76. The van der Waals surface area contributed by atoms with Crippen molar-refractivity contribution in [1.29, 1.82) is 0 Å². The summed E-state index contributed by atoms with van der Waals surface area (Å²) >= 11 is 2.12. The highest BCUT2D eigenvalue weighted by molar-refractivity contribution is 14.1. The van der Waals surface area contributed by atoms with Crippen LogP contribution < -0.4 is 10.6 Å². The Labute approximate surface area is 170 Å². The first-order valence-electron chi connectivity index (χ1n) is 8.78. The number of rotatable bonds is 3. The molecule has 7 heteroatoms. The van der Waals surface area contributed by atoms with Crippen LogP contribution in [0, 0.1) is 3.57 Å². The molecule has 0 saturated carbocycles. The third kappa shape index (κ3) is 3.09. The second-order valence-electron chi connectivity index (χ2n) is 6.77. The quantitative estimate of drug-likeness (QED) is 0.530. The van der Waals surface area contributed by atoms with Gasteiger partial charge in [0.05, 0.1) is 5.69 Å². The number of aryl methyl sites for hydroxylation is 1. The maximum atomic E-state index is 13.2. The number of anilines is 1. The molecule has 1 saturated heterocycles. The molecule has 0 aromatic heterocycles. The second-order valence-corrected chi connectivity index (χ2v) is 7.93. The van der Waals surface area contributed by atoms with E-state index in [9.17, 15) is 14.4 Å². The largest absolute Gasteiger partial charge is 0.325 e. The van der Waals surface area contributed by atoms with E-state index in [1.165, 1.54) is 0 Å². The number of amides is 4. The van der Waals surface area contributed by atoms with E-state index in [4.69, 9.17) is 0 Å². The lowest BCUT2D eigenvalue weighted by molar-refractivity contribution is -0.134. The number of carbonyl (C=O) groups excluding carboxylic acids is 3. The Morgan fingerprint density at radius 2 is 1.89 bits per heavy atom. The van der Waals surface area contributed by atoms with Gasteiger partial charge in [0.1, 0.15) is 12.1 Å². The summed E-state index contributed by atoms with van der Waals surface area (Å²) in [6, 6.07) is 14.5. The van der Waals surface area contributed by atoms with Crippen molar-refractivity contribution < 1.29 is 14.4 Å². The van der Waals surface area contributed by atoms with Crippen LogP contribution in [-0.4, -0.2) is 29.3 Å². The number of hydrogen-bond donors (Lipinski definition) is 2. The fraction of sp³-hybridized carbons (Fsp3) is 0.250. The van der Waals surface area contributed by atoms with Crippen LogP contribution in [0.3, 0.4) is 0 Å². The fourth-order valence-corrected chi connectivity index (χ4v) is 4.37. The molecule has 2 N–H and O–H groups in total. The number of benzene rings is 2. The number of fused-ring (bicyclic) bond motifs is 2. The Kier molecular flexibility index (Phi) is 4.63. The van der Waals surface area contributed by atoms with Gasteiger partial charge < -0.3 is 10.6 Å². The maximum Gasteiger partial charge on any atom is 0.325 e. The van der Waals surface area contributed by atoms with Crippen molar-refractivity contribution in [1.82, 2.24) is 10.2 Å². The van der Waals surface area contributed by atoms with Gasteiger partial charge in [0.15, 0.2) is 0 Å². The maximum absolute atomic E-state index is 13.2. The molecule has 4 amide bonds. The second kappa shape index (κ2) is 6.95. The van der Waals surface area contributed by atoms with Gasteiger partial charge in [0, 0.05) is 3.57 Å². The molecule has 1 fully saturated rings. The fourth-order valence-electron chi connectivity index (χ4n) is 3.85. The summed E-state index contributed by atoms with van der Waals surface area (Å²) in [5, 5.41) is 5.63. The van der Waals surface area contributed by atoms with Gasteiger partial charge in [0.25, 0.3) is 5.91 Å². The highest BCUT2D eigenvalue weighted by atomic mass is 127. The van der Waals surface area contributed by atoms with E-state index in [0.29, 0.717) is 12.1 Å². The minimum Gasteiger partial charge on any atom is -0.324 e. The zero-order valence-electron chi connectivity index (χ0n) is 14.5. The van der Waals surface area contributed by atoms with Crippen LogP contribution in [0.1, 0.15) is 24.0 Å². The van der Waals surface area contributed by atoms with Gasteiger partial charge >= 0.3 is 6.03 Å². The van der Waals surface area contributed by atoms with Crippen molar-refractivity contribution in [3.05, 3.63) is 63.2 Å². The van der Waals surface area contributed by atoms with Gasteiger partial charge in [-0.2, -0.15) is 0 Å². The van der Waals surface area contributed by atoms with E-state index in [-0.39, 0.29) is 12.5 Å². The van der Waals surface area contributed by atoms with Crippen molar-refractivity contribution in [3.8, 4) is 0 Å². The minimum absolute atomic E-state index is 0.306. The Hall–Kier alpha value is -2.42. The predicted octanol–water partition coefficient (Wildman–Crippen LogP) is 3.01. The Balaban J connectivity index is 1.56. The van der Waals surface area contributed by atoms with Crippen LogP contribution in [0.2, 0.25) is 0 Å². The number of nitrogens with one attached hydrogen (secondary N) is 2. The van der Waals surface area contributed by atoms with Gasteiger partial charge in [-0.05, 0) is 65.1 Å². The van der Waals surface area contributed by atoms with Gasteiger partial charge in [0.2, 0.25) is 5.91 Å².